The van der Waals surface area contributed by atoms with Gasteiger partial charge in [0, 0.05) is 11.8 Å². The highest BCUT2D eigenvalue weighted by molar-refractivity contribution is 6.17. The Morgan fingerprint density at radius 3 is 2.74 bits per heavy atom. The summed E-state index contributed by atoms with van der Waals surface area (Å²) in [5.41, 5.74) is 7.09. The molecule has 0 heterocycles. The first-order valence-corrected chi connectivity index (χ1v) is 13.0. The lowest BCUT2D eigenvalue weighted by molar-refractivity contribution is -0.129. The van der Waals surface area contributed by atoms with Crippen molar-refractivity contribution in [1.29, 1.82) is 0 Å². The second-order valence-electron chi connectivity index (χ2n) is 11.3. The lowest BCUT2D eigenvalue weighted by Gasteiger charge is -2.48. The summed E-state index contributed by atoms with van der Waals surface area (Å²) in [5, 5.41) is 3.61. The van der Waals surface area contributed by atoms with E-state index in [1.54, 1.807) is 0 Å². The van der Waals surface area contributed by atoms with Gasteiger partial charge in [-0.2, -0.15) is 0 Å². The zero-order valence-electron chi connectivity index (χ0n) is 18.9. The number of aliphatic imine (C=N–C) groups is 1. The third kappa shape index (κ3) is 3.40. The summed E-state index contributed by atoms with van der Waals surface area (Å²) in [7, 11) is 0. The summed E-state index contributed by atoms with van der Waals surface area (Å²) in [4.78, 5) is 18.5. The van der Waals surface area contributed by atoms with Gasteiger partial charge in [0.25, 0.3) is 5.91 Å². The van der Waals surface area contributed by atoms with Crippen molar-refractivity contribution in [2.24, 2.45) is 45.2 Å². The van der Waals surface area contributed by atoms with Crippen LogP contribution in [0, 0.1) is 34.5 Å². The Morgan fingerprint density at radius 1 is 1.26 bits per heavy atom. The molecule has 31 heavy (non-hydrogen) atoms. The molecule has 5 fully saturated rings. The lowest BCUT2D eigenvalue weighted by Crippen LogP contribution is -2.54. The predicted molar refractivity (Wildman–Crippen MR) is 127 cm³/mol. The van der Waals surface area contributed by atoms with Crippen molar-refractivity contribution in [2.75, 3.05) is 12.5 Å². The van der Waals surface area contributed by atoms with Crippen molar-refractivity contribution in [1.82, 2.24) is 5.32 Å². The molecule has 4 nitrogen and oxygen atoms in total. The van der Waals surface area contributed by atoms with Crippen molar-refractivity contribution in [3.8, 4) is 0 Å². The van der Waals surface area contributed by atoms with E-state index in [1.807, 2.05) is 6.21 Å². The van der Waals surface area contributed by atoms with Gasteiger partial charge in [0.05, 0.1) is 11.4 Å². The standard InChI is InChI=1S/C26H38ClN3O/c1-24(30-17-27)21-11-25(20-5-3-2-4-6-20)13-22(24)26(12-21,16-25)23(31)29-15-19-9-7-18(14-28)8-10-19/h3,5-6,15,18-19,21-22,30H,2,4,7-14,16-17,28H2,1H3/b29-15+. The molecular formula is C26H38ClN3O. The summed E-state index contributed by atoms with van der Waals surface area (Å²) >= 11 is 6.18. The van der Waals surface area contributed by atoms with Crippen LogP contribution in [0.15, 0.2) is 28.8 Å². The van der Waals surface area contributed by atoms with Gasteiger partial charge in [0.15, 0.2) is 0 Å². The number of allylic oxidation sites excluding steroid dienone is 4. The number of nitrogens with two attached hydrogens (primary N) is 1. The molecular weight excluding hydrogens is 406 g/mol. The Balaban J connectivity index is 1.40. The first-order chi connectivity index (χ1) is 15.0. The van der Waals surface area contributed by atoms with Crippen LogP contribution >= 0.6 is 11.6 Å². The molecule has 170 valence electrons. The number of nitrogens with zero attached hydrogens (tertiary/aromatic N) is 1. The monoisotopic (exact) mass is 443 g/mol. The predicted octanol–water partition coefficient (Wildman–Crippen LogP) is 4.98. The summed E-state index contributed by atoms with van der Waals surface area (Å²) in [6.45, 7) is 3.10. The Morgan fingerprint density at radius 2 is 2.06 bits per heavy atom. The van der Waals surface area contributed by atoms with E-state index in [-0.39, 0.29) is 22.3 Å². The molecule has 5 unspecified atom stereocenters. The van der Waals surface area contributed by atoms with Crippen LogP contribution < -0.4 is 11.1 Å². The van der Waals surface area contributed by atoms with Gasteiger partial charge in [-0.25, -0.2) is 4.99 Å². The molecule has 6 rings (SSSR count). The number of halogens is 1. The van der Waals surface area contributed by atoms with E-state index in [9.17, 15) is 4.79 Å². The van der Waals surface area contributed by atoms with Crippen LogP contribution in [0.4, 0.5) is 0 Å². The number of nitrogens with one attached hydrogen (secondary N) is 1. The zero-order valence-corrected chi connectivity index (χ0v) is 19.7. The minimum atomic E-state index is -0.326. The van der Waals surface area contributed by atoms with E-state index in [1.165, 1.54) is 24.8 Å². The smallest absolute Gasteiger partial charge is 0.251 e. The minimum Gasteiger partial charge on any atom is -0.330 e. The van der Waals surface area contributed by atoms with Crippen LogP contribution in [-0.4, -0.2) is 30.2 Å². The average Bonchev–Trinajstić information content (AvgIpc) is 3.15. The maximum atomic E-state index is 13.8. The molecule has 0 spiro atoms. The minimum absolute atomic E-state index is 0.0644. The van der Waals surface area contributed by atoms with Gasteiger partial charge in [-0.05, 0) is 112 Å². The molecule has 5 saturated carbocycles. The fourth-order valence-electron chi connectivity index (χ4n) is 8.18. The normalized spacial score (nSPS) is 46.1. The third-order valence-electron chi connectivity index (χ3n) is 9.84. The third-order valence-corrected chi connectivity index (χ3v) is 9.98. The van der Waals surface area contributed by atoms with Crippen molar-refractivity contribution >= 4 is 23.7 Å². The quantitative estimate of drug-likeness (QED) is 0.345. The van der Waals surface area contributed by atoms with E-state index in [4.69, 9.17) is 17.3 Å². The highest BCUT2D eigenvalue weighted by Gasteiger charge is 2.74. The Labute approximate surface area is 192 Å². The molecule has 5 atom stereocenters. The number of carbonyl (C=O) groups is 1. The lowest BCUT2D eigenvalue weighted by atomic mass is 9.59. The Kier molecular flexibility index (Phi) is 5.72. The topological polar surface area (TPSA) is 67.5 Å². The molecule has 0 saturated heterocycles. The van der Waals surface area contributed by atoms with E-state index in [2.05, 4.69) is 35.5 Å². The van der Waals surface area contributed by atoms with Gasteiger partial charge in [-0.3, -0.25) is 10.1 Å². The number of rotatable bonds is 6. The molecule has 0 aromatic heterocycles. The molecule has 5 heteroatoms. The molecule has 0 radical (unpaired) electrons. The molecule has 6 aliphatic rings. The molecule has 4 bridgehead atoms. The molecule has 3 N–H and O–H groups in total. The largest absolute Gasteiger partial charge is 0.330 e. The molecule has 0 aliphatic heterocycles. The number of carbonyl (C=O) groups excluding carboxylic acids is 1. The molecule has 1 amide bonds. The summed E-state index contributed by atoms with van der Waals surface area (Å²) in [6.07, 6.45) is 20.1. The van der Waals surface area contributed by atoms with Gasteiger partial charge in [0.1, 0.15) is 0 Å². The van der Waals surface area contributed by atoms with Crippen LogP contribution in [0.2, 0.25) is 0 Å². The van der Waals surface area contributed by atoms with Gasteiger partial charge < -0.3 is 5.73 Å². The van der Waals surface area contributed by atoms with Crippen LogP contribution in [0.5, 0.6) is 0 Å². The van der Waals surface area contributed by atoms with Crippen LogP contribution in [0.1, 0.15) is 71.1 Å². The van der Waals surface area contributed by atoms with Crippen molar-refractivity contribution < 1.29 is 4.79 Å². The maximum Gasteiger partial charge on any atom is 0.251 e. The fourth-order valence-corrected chi connectivity index (χ4v) is 8.46. The van der Waals surface area contributed by atoms with Gasteiger partial charge in [-0.15, -0.1) is 11.6 Å². The number of alkyl halides is 1. The summed E-state index contributed by atoms with van der Waals surface area (Å²) < 4.78 is 0. The van der Waals surface area contributed by atoms with Crippen LogP contribution in [-0.2, 0) is 4.79 Å². The zero-order chi connectivity index (χ0) is 21.7. The average molecular weight is 444 g/mol. The van der Waals surface area contributed by atoms with Crippen molar-refractivity contribution in [3.63, 3.8) is 0 Å². The first kappa shape index (κ1) is 21.9. The summed E-state index contributed by atoms with van der Waals surface area (Å²) in [6, 6.07) is 0.441. The van der Waals surface area contributed by atoms with Gasteiger partial charge >= 0.3 is 0 Å². The second kappa shape index (κ2) is 8.11. The van der Waals surface area contributed by atoms with E-state index in [0.717, 1.165) is 51.5 Å². The van der Waals surface area contributed by atoms with Crippen molar-refractivity contribution in [3.05, 3.63) is 23.8 Å². The molecule has 0 aromatic rings. The number of amides is 1. The number of hydrogen-bond donors (Lipinski definition) is 2. The molecule has 0 aromatic carbocycles. The highest BCUT2D eigenvalue weighted by Crippen LogP contribution is 2.75. The Bertz CT molecular complexity index is 813. The highest BCUT2D eigenvalue weighted by atomic mass is 35.5. The number of hydrogen-bond acceptors (Lipinski definition) is 3. The van der Waals surface area contributed by atoms with E-state index < -0.39 is 0 Å². The van der Waals surface area contributed by atoms with Gasteiger partial charge in [-0.1, -0.05) is 18.2 Å². The maximum absolute atomic E-state index is 13.8. The van der Waals surface area contributed by atoms with Gasteiger partial charge in [0.2, 0.25) is 0 Å². The van der Waals surface area contributed by atoms with Crippen molar-refractivity contribution in [2.45, 2.75) is 76.7 Å². The van der Waals surface area contributed by atoms with E-state index in [0.29, 0.717) is 29.7 Å². The van der Waals surface area contributed by atoms with E-state index >= 15 is 0 Å². The second-order valence-corrected chi connectivity index (χ2v) is 11.6. The van der Waals surface area contributed by atoms with Crippen LogP contribution in [0.3, 0.4) is 0 Å². The van der Waals surface area contributed by atoms with Crippen LogP contribution in [0.25, 0.3) is 0 Å². The summed E-state index contributed by atoms with van der Waals surface area (Å²) in [5.74, 6) is 2.02. The first-order valence-electron chi connectivity index (χ1n) is 12.4. The fraction of sp³-hybridized carbons (Fsp3) is 0.769. The Hall–Kier alpha value is -0.970. The molecule has 6 aliphatic carbocycles. The SMILES string of the molecule is CC1(NCCl)C2CC3(C4=CCCC=C4)CC1C(C(=O)/N=C/C1CCC(CN)CC1)(C2)C3.